The molecule has 0 unspecified atom stereocenters. The Hall–Kier alpha value is -2.30. The summed E-state index contributed by atoms with van der Waals surface area (Å²) in [5.41, 5.74) is 2.46. The minimum absolute atomic E-state index is 0.0533. The maximum atomic E-state index is 13.2. The molecule has 4 rings (SSSR count). The first-order valence-corrected chi connectivity index (χ1v) is 9.39. The number of carbonyl (C=O) groups excluding carboxylic acids is 1. The summed E-state index contributed by atoms with van der Waals surface area (Å²) in [6.07, 6.45) is 4.05. The smallest absolute Gasteiger partial charge is 0.225 e. The molecule has 2 heterocycles. The molecule has 0 saturated carbocycles. The largest absolute Gasteiger partial charge is 0.340 e. The minimum atomic E-state index is -0.255. The van der Waals surface area contributed by atoms with Crippen molar-refractivity contribution in [3.8, 4) is 0 Å². The molecular weight excluding hydrogens is 329 g/mol. The second-order valence-electron chi connectivity index (χ2n) is 7.96. The van der Waals surface area contributed by atoms with Crippen LogP contribution in [-0.2, 0) is 6.42 Å². The van der Waals surface area contributed by atoms with E-state index in [4.69, 9.17) is 4.98 Å². The lowest BCUT2D eigenvalue weighted by Crippen LogP contribution is -2.40. The number of nitrogens with zero attached hydrogens (tertiary/aromatic N) is 3. The van der Waals surface area contributed by atoms with Crippen molar-refractivity contribution in [2.45, 2.75) is 39.0 Å². The number of fused-ring (bicyclic) bond motifs is 1. The van der Waals surface area contributed by atoms with Crippen molar-refractivity contribution in [1.82, 2.24) is 9.97 Å². The van der Waals surface area contributed by atoms with Gasteiger partial charge in [-0.25, -0.2) is 14.4 Å². The zero-order valence-electron chi connectivity index (χ0n) is 15.3. The maximum Gasteiger partial charge on any atom is 0.225 e. The van der Waals surface area contributed by atoms with Crippen LogP contribution in [0.5, 0.6) is 0 Å². The molecule has 3 atom stereocenters. The molecule has 2 aromatic rings. The number of rotatable bonds is 2. The van der Waals surface area contributed by atoms with Crippen LogP contribution in [0.15, 0.2) is 30.5 Å². The lowest BCUT2D eigenvalue weighted by atomic mass is 9.82. The Bertz CT molecular complexity index is 811. The van der Waals surface area contributed by atoms with Gasteiger partial charge in [0.25, 0.3) is 0 Å². The van der Waals surface area contributed by atoms with Crippen LogP contribution in [0.3, 0.4) is 0 Å². The second kappa shape index (κ2) is 6.78. The summed E-state index contributed by atoms with van der Waals surface area (Å²) >= 11 is 0. The van der Waals surface area contributed by atoms with Gasteiger partial charge in [0.1, 0.15) is 5.82 Å². The molecule has 0 N–H and O–H groups in total. The topological polar surface area (TPSA) is 46.1 Å². The van der Waals surface area contributed by atoms with E-state index in [0.717, 1.165) is 30.3 Å². The van der Waals surface area contributed by atoms with Gasteiger partial charge < -0.3 is 4.90 Å². The van der Waals surface area contributed by atoms with E-state index in [-0.39, 0.29) is 17.5 Å². The number of carbonyl (C=O) groups is 1. The molecule has 4 nitrogen and oxygen atoms in total. The van der Waals surface area contributed by atoms with Crippen LogP contribution < -0.4 is 4.90 Å². The van der Waals surface area contributed by atoms with Gasteiger partial charge in [-0.1, -0.05) is 26.0 Å². The van der Waals surface area contributed by atoms with E-state index in [0.29, 0.717) is 30.2 Å². The Kier molecular flexibility index (Phi) is 4.47. The summed E-state index contributed by atoms with van der Waals surface area (Å²) in [5.74, 6) is 1.84. The summed E-state index contributed by atoms with van der Waals surface area (Å²) in [6.45, 7) is 6.43. The van der Waals surface area contributed by atoms with Crippen LogP contribution in [0, 0.1) is 17.7 Å². The summed E-state index contributed by atoms with van der Waals surface area (Å²) in [5, 5.41) is 0. The molecule has 5 heteroatoms. The lowest BCUT2D eigenvalue weighted by Gasteiger charge is -2.35. The van der Waals surface area contributed by atoms with E-state index in [1.165, 1.54) is 18.6 Å². The molecule has 136 valence electrons. The van der Waals surface area contributed by atoms with Gasteiger partial charge in [-0.3, -0.25) is 4.79 Å². The zero-order chi connectivity index (χ0) is 18.3. The molecule has 1 saturated heterocycles. The average molecular weight is 353 g/mol. The maximum absolute atomic E-state index is 13.2. The Morgan fingerprint density at radius 2 is 1.77 bits per heavy atom. The quantitative estimate of drug-likeness (QED) is 0.818. The number of hydrogen-bond donors (Lipinski definition) is 0. The van der Waals surface area contributed by atoms with Crippen molar-refractivity contribution in [3.05, 3.63) is 53.1 Å². The highest BCUT2D eigenvalue weighted by molar-refractivity contribution is 5.98. The third-order valence-electron chi connectivity index (χ3n) is 5.52. The number of piperidine rings is 1. The third-order valence-corrected chi connectivity index (χ3v) is 5.52. The molecule has 1 aromatic carbocycles. The van der Waals surface area contributed by atoms with Crippen molar-refractivity contribution in [3.63, 3.8) is 0 Å². The molecule has 0 radical (unpaired) electrons. The predicted octanol–water partition coefficient (Wildman–Crippen LogP) is 4.01. The summed E-state index contributed by atoms with van der Waals surface area (Å²) in [7, 11) is 0. The fraction of sp³-hybridized carbons (Fsp3) is 0.476. The average Bonchev–Trinajstić information content (AvgIpc) is 2.61. The monoisotopic (exact) mass is 353 g/mol. The van der Waals surface area contributed by atoms with E-state index in [2.05, 4.69) is 23.7 Å². The van der Waals surface area contributed by atoms with Gasteiger partial charge in [-0.15, -0.1) is 0 Å². The molecule has 0 spiro atoms. The number of anilines is 1. The van der Waals surface area contributed by atoms with Gasteiger partial charge in [0.05, 0.1) is 11.3 Å². The standard InChI is InChI=1S/C21H24FN3O/c1-13-7-14(2)12-25(11-13)21-23-10-18-19(24-21)8-16(9-20(18)26)15-3-5-17(22)6-4-15/h3-6,10,13-14,16H,7-9,11-12H2,1-2H3/t13-,14-,16+/m1/s1. The first-order valence-electron chi connectivity index (χ1n) is 9.39. The summed E-state index contributed by atoms with van der Waals surface area (Å²) < 4.78 is 13.2. The third kappa shape index (κ3) is 3.35. The molecule has 2 aliphatic rings. The van der Waals surface area contributed by atoms with Crippen molar-refractivity contribution in [2.75, 3.05) is 18.0 Å². The van der Waals surface area contributed by atoms with Crippen LogP contribution >= 0.6 is 0 Å². The number of benzene rings is 1. The zero-order valence-corrected chi connectivity index (χ0v) is 15.3. The number of halogens is 1. The van der Waals surface area contributed by atoms with Crippen molar-refractivity contribution in [2.24, 2.45) is 11.8 Å². The Morgan fingerprint density at radius 3 is 2.46 bits per heavy atom. The number of ketones is 1. The predicted molar refractivity (Wildman–Crippen MR) is 99.0 cm³/mol. The van der Waals surface area contributed by atoms with Gasteiger partial charge in [0, 0.05) is 25.7 Å². The van der Waals surface area contributed by atoms with Gasteiger partial charge in [0.2, 0.25) is 5.95 Å². The highest BCUT2D eigenvalue weighted by atomic mass is 19.1. The Balaban J connectivity index is 1.61. The lowest BCUT2D eigenvalue weighted by molar-refractivity contribution is 0.0962. The van der Waals surface area contributed by atoms with E-state index < -0.39 is 0 Å². The first kappa shape index (κ1) is 17.1. The summed E-state index contributed by atoms with van der Waals surface area (Å²) in [6, 6.07) is 6.46. The highest BCUT2D eigenvalue weighted by Gasteiger charge is 2.30. The Labute approximate surface area is 153 Å². The van der Waals surface area contributed by atoms with Crippen molar-refractivity contribution in [1.29, 1.82) is 0 Å². The second-order valence-corrected chi connectivity index (χ2v) is 7.96. The molecule has 0 bridgehead atoms. The Morgan fingerprint density at radius 1 is 1.08 bits per heavy atom. The van der Waals surface area contributed by atoms with Crippen LogP contribution in [0.2, 0.25) is 0 Å². The molecular formula is C21H24FN3O. The van der Waals surface area contributed by atoms with E-state index >= 15 is 0 Å². The molecule has 1 aliphatic carbocycles. The number of aromatic nitrogens is 2. The molecule has 1 aliphatic heterocycles. The van der Waals surface area contributed by atoms with E-state index in [1.54, 1.807) is 18.3 Å². The van der Waals surface area contributed by atoms with Gasteiger partial charge in [-0.05, 0) is 48.3 Å². The van der Waals surface area contributed by atoms with Gasteiger partial charge >= 0.3 is 0 Å². The van der Waals surface area contributed by atoms with Crippen LogP contribution in [0.25, 0.3) is 0 Å². The van der Waals surface area contributed by atoms with Crippen LogP contribution in [-0.4, -0.2) is 28.8 Å². The minimum Gasteiger partial charge on any atom is -0.340 e. The SMILES string of the molecule is C[C@@H]1C[C@@H](C)CN(c2ncc3c(n2)C[C@H](c2ccc(F)cc2)CC3=O)C1. The first-order chi connectivity index (χ1) is 12.5. The number of hydrogen-bond acceptors (Lipinski definition) is 4. The molecule has 0 amide bonds. The fourth-order valence-corrected chi connectivity index (χ4v) is 4.38. The van der Waals surface area contributed by atoms with Crippen LogP contribution in [0.4, 0.5) is 10.3 Å². The van der Waals surface area contributed by atoms with E-state index in [1.807, 2.05) is 0 Å². The summed E-state index contributed by atoms with van der Waals surface area (Å²) in [4.78, 5) is 24.1. The molecule has 1 aromatic heterocycles. The van der Waals surface area contributed by atoms with Crippen molar-refractivity contribution < 1.29 is 9.18 Å². The molecule has 1 fully saturated rings. The van der Waals surface area contributed by atoms with E-state index in [9.17, 15) is 9.18 Å². The normalized spacial score (nSPS) is 25.9. The number of Topliss-reactive ketones (excluding diaryl/α,β-unsaturated/α-hetero) is 1. The molecule has 26 heavy (non-hydrogen) atoms. The van der Waals surface area contributed by atoms with Gasteiger partial charge in [-0.2, -0.15) is 0 Å². The van der Waals surface area contributed by atoms with Crippen molar-refractivity contribution >= 4 is 11.7 Å². The highest BCUT2D eigenvalue weighted by Crippen LogP contribution is 2.33. The fourth-order valence-electron chi connectivity index (χ4n) is 4.38. The van der Waals surface area contributed by atoms with Crippen LogP contribution in [0.1, 0.15) is 54.2 Å². The van der Waals surface area contributed by atoms with Gasteiger partial charge in [0.15, 0.2) is 5.78 Å².